The van der Waals surface area contributed by atoms with Gasteiger partial charge in [-0.1, -0.05) is 13.8 Å². The number of hydrogen-bond acceptors (Lipinski definition) is 1. The molecule has 1 nitrogen and oxygen atoms in total. The molecule has 1 fully saturated rings. The maximum Gasteiger partial charge on any atom is 0.0573 e. The van der Waals surface area contributed by atoms with E-state index in [-0.39, 0.29) is 0 Å². The molecule has 0 unspecified atom stereocenters. The summed E-state index contributed by atoms with van der Waals surface area (Å²) in [7, 11) is 0. The fourth-order valence-corrected chi connectivity index (χ4v) is 0.204. The van der Waals surface area contributed by atoms with Crippen molar-refractivity contribution in [2.75, 3.05) is 13.1 Å². The smallest absolute Gasteiger partial charge is 0.0573 e. The fraction of sp³-hybridized carbons (Fsp3) is 1.00. The van der Waals surface area contributed by atoms with Crippen molar-refractivity contribution in [1.29, 1.82) is 0 Å². The van der Waals surface area contributed by atoms with Gasteiger partial charge in [0.05, 0.1) is 18.6 Å². The zero-order valence-electron chi connectivity index (χ0n) is 10.4. The van der Waals surface area contributed by atoms with Crippen molar-refractivity contribution in [3.63, 3.8) is 0 Å². The van der Waals surface area contributed by atoms with Crippen molar-refractivity contribution in [2.24, 2.45) is 5.41 Å². The zero-order valence-corrected chi connectivity index (χ0v) is 3.41. The van der Waals surface area contributed by atoms with Crippen LogP contribution in [0.4, 0.5) is 0 Å². The normalized spacial score (nSPS) is 65.2. The van der Waals surface area contributed by atoms with E-state index in [1.165, 1.54) is 0 Å². The minimum atomic E-state index is -2.72. The Kier molecular flexibility index (Phi) is 0.141. The number of hydrogen-bond donors (Lipinski definition) is 0. The van der Waals surface area contributed by atoms with Gasteiger partial charge in [0, 0.05) is 9.53 Å². The van der Waals surface area contributed by atoms with E-state index in [4.69, 9.17) is 9.60 Å². The van der Waals surface area contributed by atoms with Crippen molar-refractivity contribution in [3.05, 3.63) is 0 Å². The third-order valence-electron chi connectivity index (χ3n) is 0.510. The predicted molar refractivity (Wildman–Crippen MR) is 24.6 cm³/mol. The van der Waals surface area contributed by atoms with E-state index in [2.05, 4.69) is 4.74 Å². The standard InChI is InChI=1S/C5H10O/c1-5(2)3-6-4-5/h3-4H2,1-2H3/i1D3,3D2,4D2. The third-order valence-corrected chi connectivity index (χ3v) is 0.510. The van der Waals surface area contributed by atoms with Gasteiger partial charge in [-0.2, -0.15) is 0 Å². The minimum Gasteiger partial charge on any atom is -0.380 e. The molecule has 0 radical (unpaired) electrons. The molecule has 0 bridgehead atoms. The van der Waals surface area contributed by atoms with Crippen LogP contribution in [0.15, 0.2) is 0 Å². The maximum atomic E-state index is 7.18. The van der Waals surface area contributed by atoms with Gasteiger partial charge in [-0.05, 0) is 0 Å². The van der Waals surface area contributed by atoms with Crippen LogP contribution in [-0.2, 0) is 4.74 Å². The second-order valence-electron chi connectivity index (χ2n) is 1.43. The van der Waals surface area contributed by atoms with E-state index in [0.29, 0.717) is 0 Å². The topological polar surface area (TPSA) is 9.23 Å². The highest BCUT2D eigenvalue weighted by molar-refractivity contribution is 4.73. The molecule has 0 spiro atoms. The SMILES string of the molecule is [2H]C([2H])([2H])C1(C)C([2H])([2H])OC1([2H])[2H]. The van der Waals surface area contributed by atoms with E-state index in [1.54, 1.807) is 0 Å². The lowest BCUT2D eigenvalue weighted by Crippen LogP contribution is -2.36. The summed E-state index contributed by atoms with van der Waals surface area (Å²) >= 11 is 0. The van der Waals surface area contributed by atoms with Crippen LogP contribution in [0.25, 0.3) is 0 Å². The van der Waals surface area contributed by atoms with E-state index in [9.17, 15) is 0 Å². The van der Waals surface area contributed by atoms with Gasteiger partial charge in [0.1, 0.15) is 0 Å². The van der Waals surface area contributed by atoms with Crippen LogP contribution in [0.2, 0.25) is 0 Å². The van der Waals surface area contributed by atoms with Crippen LogP contribution < -0.4 is 0 Å². The van der Waals surface area contributed by atoms with Crippen molar-refractivity contribution < 1.29 is 14.3 Å². The van der Waals surface area contributed by atoms with E-state index in [1.807, 2.05) is 0 Å². The van der Waals surface area contributed by atoms with E-state index >= 15 is 0 Å². The van der Waals surface area contributed by atoms with Gasteiger partial charge in [-0.15, -0.1) is 0 Å². The molecule has 6 heavy (non-hydrogen) atoms. The maximum absolute atomic E-state index is 7.18. The van der Waals surface area contributed by atoms with Gasteiger partial charge in [0.2, 0.25) is 0 Å². The monoisotopic (exact) mass is 93.1 g/mol. The Morgan fingerprint density at radius 1 is 2.00 bits per heavy atom. The van der Waals surface area contributed by atoms with Crippen LogP contribution >= 0.6 is 0 Å². The summed E-state index contributed by atoms with van der Waals surface area (Å²) in [6.45, 7) is -6.58. The lowest BCUT2D eigenvalue weighted by molar-refractivity contribution is -0.0892. The predicted octanol–water partition coefficient (Wildman–Crippen LogP) is 1.04. The van der Waals surface area contributed by atoms with Crippen molar-refractivity contribution in [1.82, 2.24) is 0 Å². The first-order chi connectivity index (χ1) is 5.46. The van der Waals surface area contributed by atoms with Crippen LogP contribution in [-0.4, -0.2) is 13.1 Å². The first-order valence-electron chi connectivity index (χ1n) is 5.16. The van der Waals surface area contributed by atoms with E-state index in [0.717, 1.165) is 6.92 Å². The molecule has 0 atom stereocenters. The number of rotatable bonds is 0. The van der Waals surface area contributed by atoms with Crippen molar-refractivity contribution in [3.8, 4) is 0 Å². The molecule has 0 saturated carbocycles. The Morgan fingerprint density at radius 3 is 2.83 bits per heavy atom. The van der Waals surface area contributed by atoms with Gasteiger partial charge < -0.3 is 4.74 Å². The van der Waals surface area contributed by atoms with Crippen LogP contribution in [0, 0.1) is 5.41 Å². The molecule has 1 aliphatic heterocycles. The number of ether oxygens (including phenoxy) is 1. The first-order valence-corrected chi connectivity index (χ1v) is 1.66. The lowest BCUT2D eigenvalue weighted by Gasteiger charge is -2.33. The van der Waals surface area contributed by atoms with Gasteiger partial charge in [0.25, 0.3) is 0 Å². The second-order valence-corrected chi connectivity index (χ2v) is 1.43. The van der Waals surface area contributed by atoms with Gasteiger partial charge >= 0.3 is 0 Å². The minimum absolute atomic E-state index is 1.03. The molecule has 36 valence electrons. The first kappa shape index (κ1) is 0.873. The zero-order chi connectivity index (χ0) is 10.7. The highest BCUT2D eigenvalue weighted by atomic mass is 16.5. The highest BCUT2D eigenvalue weighted by Gasteiger charge is 2.26. The molecule has 0 aromatic carbocycles. The summed E-state index contributed by atoms with van der Waals surface area (Å²) in [5, 5.41) is 0. The molecule has 1 aliphatic rings. The largest absolute Gasteiger partial charge is 0.380 e. The Morgan fingerprint density at radius 2 is 2.67 bits per heavy atom. The molecule has 1 heterocycles. The summed E-state index contributed by atoms with van der Waals surface area (Å²) in [6, 6.07) is 0. The summed E-state index contributed by atoms with van der Waals surface area (Å²) in [4.78, 5) is 0. The summed E-state index contributed by atoms with van der Waals surface area (Å²) in [5.41, 5.74) is -2.10. The Balaban J connectivity index is 3.12. The van der Waals surface area contributed by atoms with Gasteiger partial charge in [0.15, 0.2) is 0 Å². The molecule has 0 amide bonds. The summed E-state index contributed by atoms with van der Waals surface area (Å²) < 4.78 is 54.2. The molecule has 0 aromatic heterocycles. The van der Waals surface area contributed by atoms with Crippen LogP contribution in [0.1, 0.15) is 23.4 Å². The molecule has 1 saturated heterocycles. The summed E-state index contributed by atoms with van der Waals surface area (Å²) in [6.07, 6.45) is 0. The Labute approximate surface area is 48.1 Å². The molecule has 0 aromatic rings. The quantitative estimate of drug-likeness (QED) is 0.435. The van der Waals surface area contributed by atoms with Crippen LogP contribution in [0.3, 0.4) is 0 Å². The highest BCUT2D eigenvalue weighted by Crippen LogP contribution is 2.24. The van der Waals surface area contributed by atoms with Crippen molar-refractivity contribution in [2.45, 2.75) is 13.8 Å². The second kappa shape index (κ2) is 0.969. The van der Waals surface area contributed by atoms with Crippen LogP contribution in [0.5, 0.6) is 0 Å². The summed E-state index contributed by atoms with van der Waals surface area (Å²) in [5.74, 6) is 0. The molecular formula is C5H10O. The van der Waals surface area contributed by atoms with Gasteiger partial charge in [-0.3, -0.25) is 0 Å². The van der Waals surface area contributed by atoms with E-state index < -0.39 is 25.4 Å². The average molecular weight is 93.2 g/mol. The Bertz CT molecular complexity index is 198. The lowest BCUT2D eigenvalue weighted by atomic mass is 9.92. The van der Waals surface area contributed by atoms with Crippen molar-refractivity contribution >= 4 is 0 Å². The molecule has 0 aliphatic carbocycles. The van der Waals surface area contributed by atoms with Gasteiger partial charge in [-0.25, -0.2) is 0 Å². The molecule has 1 rings (SSSR count). The fourth-order valence-electron chi connectivity index (χ4n) is 0.204. The molecular weight excluding hydrogens is 76.1 g/mol. The molecule has 0 N–H and O–H groups in total. The Hall–Kier alpha value is -0.0400. The molecule has 1 heteroatoms. The third kappa shape index (κ3) is 0.548. The average Bonchev–Trinajstić information content (AvgIpc) is 1.80.